The molecular formula is C17H16ClNO5S. The molecule has 2 rings (SSSR count). The largest absolute Gasteiger partial charge is 0.481 e. The topological polar surface area (TPSA) is 81.7 Å². The first-order valence-corrected chi connectivity index (χ1v) is 8.55. The number of ether oxygens (including phenoxy) is 2. The molecule has 0 radical (unpaired) electrons. The van der Waals surface area contributed by atoms with Gasteiger partial charge in [0.2, 0.25) is 0 Å². The highest BCUT2D eigenvalue weighted by Crippen LogP contribution is 2.26. The van der Waals surface area contributed by atoms with Crippen LogP contribution in [-0.4, -0.2) is 31.0 Å². The zero-order valence-electron chi connectivity index (χ0n) is 13.6. The quantitative estimate of drug-likeness (QED) is 0.778. The van der Waals surface area contributed by atoms with Gasteiger partial charge < -0.3 is 9.47 Å². The first-order valence-electron chi connectivity index (χ1n) is 7.29. The average molecular weight is 382 g/mol. The van der Waals surface area contributed by atoms with E-state index in [1.165, 1.54) is 11.3 Å². The first kappa shape index (κ1) is 19.0. The molecule has 8 heteroatoms. The summed E-state index contributed by atoms with van der Waals surface area (Å²) in [4.78, 5) is 35.4. The van der Waals surface area contributed by atoms with Gasteiger partial charge in [-0.15, -0.1) is 11.3 Å². The second kappa shape index (κ2) is 8.64. The summed E-state index contributed by atoms with van der Waals surface area (Å²) in [6.07, 6.45) is 0. The number of benzene rings is 1. The molecule has 1 N–H and O–H groups in total. The molecule has 0 aliphatic heterocycles. The summed E-state index contributed by atoms with van der Waals surface area (Å²) < 4.78 is 10.2. The Bertz CT molecular complexity index is 765. The van der Waals surface area contributed by atoms with E-state index in [4.69, 9.17) is 21.1 Å². The lowest BCUT2D eigenvalue weighted by atomic mass is 10.1. The molecule has 2 amide bonds. The number of aryl methyl sites for hydroxylation is 2. The zero-order valence-corrected chi connectivity index (χ0v) is 15.2. The van der Waals surface area contributed by atoms with Crippen LogP contribution in [0.4, 0.5) is 0 Å². The molecule has 1 heterocycles. The summed E-state index contributed by atoms with van der Waals surface area (Å²) in [6, 6.07) is 6.73. The molecule has 0 atom stereocenters. The minimum atomic E-state index is -0.715. The summed E-state index contributed by atoms with van der Waals surface area (Å²) in [6.45, 7) is 2.71. The van der Waals surface area contributed by atoms with Crippen LogP contribution in [0.25, 0.3) is 0 Å². The average Bonchev–Trinajstić information content (AvgIpc) is 3.06. The van der Waals surface area contributed by atoms with Crippen LogP contribution >= 0.6 is 22.9 Å². The van der Waals surface area contributed by atoms with Crippen molar-refractivity contribution in [2.24, 2.45) is 0 Å². The third kappa shape index (κ3) is 5.58. The molecule has 0 aliphatic rings. The maximum atomic E-state index is 11.7. The van der Waals surface area contributed by atoms with Crippen LogP contribution in [-0.2, 0) is 14.3 Å². The summed E-state index contributed by atoms with van der Waals surface area (Å²) in [5, 5.41) is 4.44. The maximum Gasteiger partial charge on any atom is 0.344 e. The Morgan fingerprint density at radius 3 is 2.44 bits per heavy atom. The predicted molar refractivity (Wildman–Crippen MR) is 94.2 cm³/mol. The van der Waals surface area contributed by atoms with Crippen molar-refractivity contribution in [1.29, 1.82) is 0 Å². The molecule has 25 heavy (non-hydrogen) atoms. The summed E-state index contributed by atoms with van der Waals surface area (Å²) in [5.74, 6) is -1.41. The van der Waals surface area contributed by atoms with Gasteiger partial charge in [-0.2, -0.15) is 0 Å². The van der Waals surface area contributed by atoms with Gasteiger partial charge in [-0.1, -0.05) is 17.7 Å². The van der Waals surface area contributed by atoms with E-state index in [0.717, 1.165) is 11.1 Å². The number of rotatable bonds is 6. The number of thiophene rings is 1. The van der Waals surface area contributed by atoms with Gasteiger partial charge in [-0.25, -0.2) is 4.79 Å². The Hall–Kier alpha value is -2.38. The number of nitrogens with one attached hydrogen (secondary N) is 1. The van der Waals surface area contributed by atoms with Crippen molar-refractivity contribution in [2.75, 3.05) is 13.2 Å². The number of imide groups is 1. The van der Waals surface area contributed by atoms with Crippen molar-refractivity contribution in [3.05, 3.63) is 50.7 Å². The molecule has 1 aromatic carbocycles. The third-order valence-corrected chi connectivity index (χ3v) is 4.21. The van der Waals surface area contributed by atoms with Crippen molar-refractivity contribution < 1.29 is 23.9 Å². The molecular weight excluding hydrogens is 366 g/mol. The van der Waals surface area contributed by atoms with E-state index in [1.807, 2.05) is 13.8 Å². The maximum absolute atomic E-state index is 11.7. The molecule has 0 saturated carbocycles. The van der Waals surface area contributed by atoms with E-state index in [1.54, 1.807) is 29.6 Å². The number of carbonyl (C=O) groups is 3. The van der Waals surface area contributed by atoms with Crippen molar-refractivity contribution in [3.63, 3.8) is 0 Å². The summed E-state index contributed by atoms with van der Waals surface area (Å²) in [5.41, 5.74) is 1.58. The highest BCUT2D eigenvalue weighted by molar-refractivity contribution is 7.12. The van der Waals surface area contributed by atoms with Crippen LogP contribution in [0.5, 0.6) is 5.75 Å². The van der Waals surface area contributed by atoms with Crippen LogP contribution in [0.1, 0.15) is 20.8 Å². The fraction of sp³-hybridized carbons (Fsp3) is 0.235. The number of carbonyl (C=O) groups excluding carboxylic acids is 3. The van der Waals surface area contributed by atoms with Gasteiger partial charge in [0, 0.05) is 5.02 Å². The smallest absolute Gasteiger partial charge is 0.344 e. The molecule has 0 aliphatic carbocycles. The number of amides is 2. The second-order valence-corrected chi connectivity index (χ2v) is 6.56. The number of esters is 1. The fourth-order valence-corrected chi connectivity index (χ4v) is 3.02. The Balaban J connectivity index is 1.77. The van der Waals surface area contributed by atoms with Crippen molar-refractivity contribution in [2.45, 2.75) is 13.8 Å². The number of hydrogen-bond acceptors (Lipinski definition) is 6. The van der Waals surface area contributed by atoms with Crippen LogP contribution in [0.15, 0.2) is 29.6 Å². The normalized spacial score (nSPS) is 10.2. The van der Waals surface area contributed by atoms with Crippen LogP contribution in [0.3, 0.4) is 0 Å². The highest BCUT2D eigenvalue weighted by atomic mass is 35.5. The molecule has 0 spiro atoms. The van der Waals surface area contributed by atoms with Crippen LogP contribution in [0, 0.1) is 13.8 Å². The lowest BCUT2D eigenvalue weighted by Crippen LogP contribution is -2.34. The lowest BCUT2D eigenvalue weighted by molar-refractivity contribution is -0.150. The van der Waals surface area contributed by atoms with E-state index < -0.39 is 24.4 Å². The molecule has 2 aromatic rings. The van der Waals surface area contributed by atoms with Gasteiger partial charge in [0.05, 0.1) is 4.88 Å². The van der Waals surface area contributed by atoms with Gasteiger partial charge in [0.1, 0.15) is 5.75 Å². The summed E-state index contributed by atoms with van der Waals surface area (Å²) in [7, 11) is 0. The zero-order chi connectivity index (χ0) is 18.4. The second-order valence-electron chi connectivity index (χ2n) is 5.17. The molecule has 1 aromatic heterocycles. The number of hydrogen-bond donors (Lipinski definition) is 1. The lowest BCUT2D eigenvalue weighted by Gasteiger charge is -2.12. The first-order chi connectivity index (χ1) is 11.9. The van der Waals surface area contributed by atoms with E-state index in [9.17, 15) is 14.4 Å². The minimum absolute atomic E-state index is 0.352. The van der Waals surface area contributed by atoms with Crippen molar-refractivity contribution >= 4 is 40.7 Å². The molecule has 132 valence electrons. The molecule has 0 bridgehead atoms. The minimum Gasteiger partial charge on any atom is -0.481 e. The van der Waals surface area contributed by atoms with Crippen LogP contribution < -0.4 is 10.1 Å². The van der Waals surface area contributed by atoms with Crippen molar-refractivity contribution in [1.82, 2.24) is 5.32 Å². The molecule has 0 unspecified atom stereocenters. The fourth-order valence-electron chi connectivity index (χ4n) is 2.08. The van der Waals surface area contributed by atoms with Crippen LogP contribution in [0.2, 0.25) is 5.02 Å². The van der Waals surface area contributed by atoms with Gasteiger partial charge in [0.25, 0.3) is 11.8 Å². The van der Waals surface area contributed by atoms with Gasteiger partial charge >= 0.3 is 5.97 Å². The Morgan fingerprint density at radius 1 is 1.16 bits per heavy atom. The van der Waals surface area contributed by atoms with Gasteiger partial charge in [0.15, 0.2) is 13.2 Å². The highest BCUT2D eigenvalue weighted by Gasteiger charge is 2.14. The monoisotopic (exact) mass is 381 g/mol. The van der Waals surface area contributed by atoms with Crippen molar-refractivity contribution in [3.8, 4) is 5.75 Å². The van der Waals surface area contributed by atoms with E-state index in [2.05, 4.69) is 5.32 Å². The Morgan fingerprint density at radius 2 is 1.84 bits per heavy atom. The van der Waals surface area contributed by atoms with Gasteiger partial charge in [-0.05, 0) is 48.6 Å². The predicted octanol–water partition coefficient (Wildman–Crippen LogP) is 2.90. The van der Waals surface area contributed by atoms with Gasteiger partial charge in [-0.3, -0.25) is 14.9 Å². The number of halogens is 1. The SMILES string of the molecule is Cc1cc(Cl)cc(C)c1OCC(=O)OCC(=O)NC(=O)c1cccs1. The Kier molecular flexibility index (Phi) is 6.55. The molecule has 6 nitrogen and oxygen atoms in total. The summed E-state index contributed by atoms with van der Waals surface area (Å²) >= 11 is 7.13. The molecule has 0 saturated heterocycles. The molecule has 0 fully saturated rings. The van der Waals surface area contributed by atoms with E-state index in [-0.39, 0.29) is 6.61 Å². The standard InChI is InChI=1S/C17H16ClNO5S/c1-10-6-12(18)7-11(2)16(10)24-9-15(21)23-8-14(20)19-17(22)13-4-3-5-25-13/h3-7H,8-9H2,1-2H3,(H,19,20,22). The van der Waals surface area contributed by atoms with E-state index in [0.29, 0.717) is 15.6 Å². The third-order valence-electron chi connectivity index (χ3n) is 3.12. The van der Waals surface area contributed by atoms with E-state index >= 15 is 0 Å². The Labute approximate surface area is 153 Å².